The molecule has 8 heteroatoms. The fourth-order valence-corrected chi connectivity index (χ4v) is 2.86. The number of carboxylic acid groups (broad SMARTS) is 1. The summed E-state index contributed by atoms with van der Waals surface area (Å²) >= 11 is 1.41. The van der Waals surface area contributed by atoms with Gasteiger partial charge in [0.1, 0.15) is 6.04 Å². The first-order valence-electron chi connectivity index (χ1n) is 5.55. The third kappa shape index (κ3) is 2.83. The van der Waals surface area contributed by atoms with E-state index in [0.717, 1.165) is 0 Å². The number of hydrogen-bond donors (Lipinski definition) is 1. The lowest BCUT2D eigenvalue weighted by molar-refractivity contribution is -0.222. The van der Waals surface area contributed by atoms with Crippen LogP contribution in [-0.2, 0) is 23.9 Å². The van der Waals surface area contributed by atoms with Crippen LogP contribution in [-0.4, -0.2) is 51.4 Å². The van der Waals surface area contributed by atoms with Gasteiger partial charge >= 0.3 is 17.9 Å². The third-order valence-electron chi connectivity index (χ3n) is 2.61. The SMILES string of the molecule is CC1(C)OC(=O)C(=CN2CSCC2C(=O)O)C(=O)O1. The molecule has 0 spiro atoms. The molecule has 2 aliphatic heterocycles. The summed E-state index contributed by atoms with van der Waals surface area (Å²) in [5.41, 5.74) is -0.284. The molecular formula is C11H13NO6S. The Morgan fingerprint density at radius 2 is 2.00 bits per heavy atom. The molecule has 2 saturated heterocycles. The van der Waals surface area contributed by atoms with Gasteiger partial charge in [-0.25, -0.2) is 14.4 Å². The fraction of sp³-hybridized carbons (Fsp3) is 0.545. The van der Waals surface area contributed by atoms with Crippen molar-refractivity contribution in [3.63, 3.8) is 0 Å². The van der Waals surface area contributed by atoms with Gasteiger partial charge in [-0.3, -0.25) is 0 Å². The zero-order valence-electron chi connectivity index (χ0n) is 10.4. The minimum absolute atomic E-state index is 0.284. The molecule has 0 bridgehead atoms. The molecule has 0 saturated carbocycles. The molecule has 0 aromatic rings. The van der Waals surface area contributed by atoms with E-state index in [2.05, 4.69) is 0 Å². The molecule has 2 rings (SSSR count). The number of carbonyl (C=O) groups is 3. The van der Waals surface area contributed by atoms with Crippen LogP contribution in [0.3, 0.4) is 0 Å². The molecule has 7 nitrogen and oxygen atoms in total. The van der Waals surface area contributed by atoms with E-state index in [0.29, 0.717) is 11.6 Å². The Morgan fingerprint density at radius 3 is 2.53 bits per heavy atom. The van der Waals surface area contributed by atoms with Gasteiger partial charge in [0.05, 0.1) is 5.88 Å². The number of rotatable bonds is 2. The Hall–Kier alpha value is -1.70. The lowest BCUT2D eigenvalue weighted by atomic mass is 10.2. The molecule has 0 aromatic heterocycles. The number of carboxylic acids is 1. The molecule has 1 N–H and O–H groups in total. The van der Waals surface area contributed by atoms with Crippen LogP contribution in [0.25, 0.3) is 0 Å². The summed E-state index contributed by atoms with van der Waals surface area (Å²) in [6.07, 6.45) is 1.21. The van der Waals surface area contributed by atoms with Crippen molar-refractivity contribution in [1.29, 1.82) is 0 Å². The van der Waals surface area contributed by atoms with Gasteiger partial charge in [0.25, 0.3) is 5.79 Å². The van der Waals surface area contributed by atoms with Crippen LogP contribution in [0, 0.1) is 0 Å². The summed E-state index contributed by atoms with van der Waals surface area (Å²) in [7, 11) is 0. The van der Waals surface area contributed by atoms with Gasteiger partial charge in [-0.15, -0.1) is 11.8 Å². The topological polar surface area (TPSA) is 93.1 Å². The monoisotopic (exact) mass is 287 g/mol. The number of cyclic esters (lactones) is 2. The van der Waals surface area contributed by atoms with Crippen LogP contribution in [0.1, 0.15) is 13.8 Å². The summed E-state index contributed by atoms with van der Waals surface area (Å²) < 4.78 is 9.86. The molecular weight excluding hydrogens is 274 g/mol. The molecule has 1 unspecified atom stereocenters. The van der Waals surface area contributed by atoms with Crippen molar-refractivity contribution in [2.24, 2.45) is 0 Å². The van der Waals surface area contributed by atoms with Gasteiger partial charge in [-0.1, -0.05) is 0 Å². The van der Waals surface area contributed by atoms with Crippen LogP contribution < -0.4 is 0 Å². The van der Waals surface area contributed by atoms with Crippen molar-refractivity contribution in [2.45, 2.75) is 25.7 Å². The second-order valence-electron chi connectivity index (χ2n) is 4.59. The molecule has 2 fully saturated rings. The summed E-state index contributed by atoms with van der Waals surface area (Å²) in [6.45, 7) is 2.90. The van der Waals surface area contributed by atoms with E-state index in [1.54, 1.807) is 0 Å². The molecule has 0 radical (unpaired) electrons. The zero-order chi connectivity index (χ0) is 14.2. The van der Waals surface area contributed by atoms with Crippen LogP contribution in [0.15, 0.2) is 11.8 Å². The minimum Gasteiger partial charge on any atom is -0.480 e. The Kier molecular flexibility index (Phi) is 3.44. The number of aliphatic carboxylic acids is 1. The summed E-state index contributed by atoms with van der Waals surface area (Å²) in [6, 6.07) is -0.756. The normalized spacial score (nSPS) is 25.9. The molecule has 2 heterocycles. The van der Waals surface area contributed by atoms with Crippen molar-refractivity contribution in [3.05, 3.63) is 11.8 Å². The lowest BCUT2D eigenvalue weighted by Gasteiger charge is -2.30. The molecule has 104 valence electrons. The maximum atomic E-state index is 11.7. The van der Waals surface area contributed by atoms with Gasteiger partial charge in [0.2, 0.25) is 0 Å². The van der Waals surface area contributed by atoms with Gasteiger partial charge < -0.3 is 19.5 Å². The van der Waals surface area contributed by atoms with Crippen LogP contribution >= 0.6 is 11.8 Å². The first-order valence-corrected chi connectivity index (χ1v) is 6.70. The summed E-state index contributed by atoms with van der Waals surface area (Å²) in [5, 5.41) is 9.01. The van der Waals surface area contributed by atoms with Crippen molar-refractivity contribution >= 4 is 29.7 Å². The second-order valence-corrected chi connectivity index (χ2v) is 5.59. The van der Waals surface area contributed by atoms with Crippen LogP contribution in [0.5, 0.6) is 0 Å². The quantitative estimate of drug-likeness (QED) is 0.436. The van der Waals surface area contributed by atoms with Gasteiger partial charge in [0, 0.05) is 25.8 Å². The maximum Gasteiger partial charge on any atom is 0.350 e. The highest BCUT2D eigenvalue weighted by Crippen LogP contribution is 2.26. The standard InChI is InChI=1S/C11H13NO6S/c1-11(2)17-9(15)6(10(16)18-11)3-12-5-19-4-7(12)8(13)14/h3,7H,4-5H2,1-2H3,(H,13,14). The molecule has 0 aromatic carbocycles. The molecule has 0 amide bonds. The van der Waals surface area contributed by atoms with Crippen molar-refractivity contribution in [1.82, 2.24) is 4.90 Å². The van der Waals surface area contributed by atoms with Crippen LogP contribution in [0.2, 0.25) is 0 Å². The third-order valence-corrected chi connectivity index (χ3v) is 3.65. The number of thioether (sulfide) groups is 1. The Bertz CT molecular complexity index is 450. The molecule has 2 aliphatic rings. The van der Waals surface area contributed by atoms with E-state index < -0.39 is 29.7 Å². The number of carbonyl (C=O) groups excluding carboxylic acids is 2. The van der Waals surface area contributed by atoms with Gasteiger partial charge in [0.15, 0.2) is 5.57 Å². The number of hydrogen-bond acceptors (Lipinski definition) is 7. The summed E-state index contributed by atoms with van der Waals surface area (Å²) in [4.78, 5) is 35.8. The van der Waals surface area contributed by atoms with Crippen LogP contribution in [0.4, 0.5) is 0 Å². The highest BCUT2D eigenvalue weighted by molar-refractivity contribution is 7.99. The Labute approximate surface area is 113 Å². The molecule has 0 aliphatic carbocycles. The molecule has 19 heavy (non-hydrogen) atoms. The van der Waals surface area contributed by atoms with E-state index >= 15 is 0 Å². The second kappa shape index (κ2) is 4.76. The number of ether oxygens (including phenoxy) is 2. The highest BCUT2D eigenvalue weighted by Gasteiger charge is 2.40. The Morgan fingerprint density at radius 1 is 1.42 bits per heavy atom. The Balaban J connectivity index is 2.21. The van der Waals surface area contributed by atoms with Gasteiger partial charge in [-0.2, -0.15) is 0 Å². The molecule has 1 atom stereocenters. The zero-order valence-corrected chi connectivity index (χ0v) is 11.2. The number of esters is 2. The van der Waals surface area contributed by atoms with Gasteiger partial charge in [-0.05, 0) is 0 Å². The maximum absolute atomic E-state index is 11.7. The first kappa shape index (κ1) is 13.7. The van der Waals surface area contributed by atoms with E-state index in [1.165, 1.54) is 36.7 Å². The average Bonchev–Trinajstić information content (AvgIpc) is 2.70. The van der Waals surface area contributed by atoms with Crippen molar-refractivity contribution < 1.29 is 29.0 Å². The first-order chi connectivity index (χ1) is 8.80. The predicted molar refractivity (Wildman–Crippen MR) is 64.9 cm³/mol. The van der Waals surface area contributed by atoms with E-state index in [4.69, 9.17) is 14.6 Å². The van der Waals surface area contributed by atoms with E-state index in [9.17, 15) is 14.4 Å². The predicted octanol–water partition coefficient (Wildman–Crippen LogP) is 0.166. The van der Waals surface area contributed by atoms with Crippen molar-refractivity contribution in [2.75, 3.05) is 11.6 Å². The van der Waals surface area contributed by atoms with E-state index in [-0.39, 0.29) is 5.57 Å². The smallest absolute Gasteiger partial charge is 0.350 e. The number of nitrogens with zero attached hydrogens (tertiary/aromatic N) is 1. The fourth-order valence-electron chi connectivity index (χ4n) is 1.73. The summed E-state index contributed by atoms with van der Waals surface area (Å²) in [5.74, 6) is -3.11. The lowest BCUT2D eigenvalue weighted by Crippen LogP contribution is -2.43. The van der Waals surface area contributed by atoms with Crippen molar-refractivity contribution in [3.8, 4) is 0 Å². The average molecular weight is 287 g/mol. The van der Waals surface area contributed by atoms with E-state index in [1.807, 2.05) is 0 Å². The highest BCUT2D eigenvalue weighted by atomic mass is 32.2. The largest absolute Gasteiger partial charge is 0.480 e. The minimum atomic E-state index is -1.29.